The van der Waals surface area contributed by atoms with Gasteiger partial charge in [0.05, 0.1) is 15.7 Å². The van der Waals surface area contributed by atoms with Crippen LogP contribution in [0.3, 0.4) is 0 Å². The summed E-state index contributed by atoms with van der Waals surface area (Å²) in [6.07, 6.45) is 0. The lowest BCUT2D eigenvalue weighted by Gasteiger charge is -2.34. The summed E-state index contributed by atoms with van der Waals surface area (Å²) in [7, 11) is 0. The minimum absolute atomic E-state index is 0.253. The summed E-state index contributed by atoms with van der Waals surface area (Å²) in [4.78, 5) is 2.00. The molecule has 0 amide bonds. The van der Waals surface area contributed by atoms with Gasteiger partial charge in [-0.2, -0.15) is 5.26 Å². The summed E-state index contributed by atoms with van der Waals surface area (Å²) in [6.45, 7) is 4.47. The van der Waals surface area contributed by atoms with Crippen molar-refractivity contribution in [2.24, 2.45) is 0 Å². The van der Waals surface area contributed by atoms with E-state index in [0.717, 1.165) is 19.6 Å². The second-order valence-electron chi connectivity index (χ2n) is 4.17. The predicted molar refractivity (Wildman–Crippen MR) is 68.5 cm³/mol. The van der Waals surface area contributed by atoms with E-state index in [1.165, 1.54) is 0 Å². The van der Waals surface area contributed by atoms with E-state index < -0.39 is 0 Å². The minimum atomic E-state index is -0.349. The summed E-state index contributed by atoms with van der Waals surface area (Å²) in [6, 6.07) is 5.63. The number of piperazine rings is 1. The van der Waals surface area contributed by atoms with E-state index in [1.54, 1.807) is 12.1 Å². The second kappa shape index (κ2) is 5.03. The van der Waals surface area contributed by atoms with Crippen LogP contribution in [0.25, 0.3) is 0 Å². The van der Waals surface area contributed by atoms with Crippen molar-refractivity contribution in [1.29, 1.82) is 5.26 Å². The summed E-state index contributed by atoms with van der Waals surface area (Å²) >= 11 is 3.13. The van der Waals surface area contributed by atoms with Crippen LogP contribution in [0.1, 0.15) is 12.5 Å². The van der Waals surface area contributed by atoms with Crippen LogP contribution in [0.2, 0.25) is 0 Å². The Balaban J connectivity index is 2.33. The van der Waals surface area contributed by atoms with Gasteiger partial charge in [0.15, 0.2) is 5.82 Å². The first-order chi connectivity index (χ1) is 8.13. The Kier molecular flexibility index (Phi) is 3.65. The maximum absolute atomic E-state index is 14.1. The van der Waals surface area contributed by atoms with Crippen LogP contribution < -0.4 is 10.2 Å². The molecule has 0 bridgehead atoms. The Morgan fingerprint density at radius 2 is 2.35 bits per heavy atom. The number of anilines is 1. The molecule has 1 atom stereocenters. The van der Waals surface area contributed by atoms with Crippen molar-refractivity contribution in [3.05, 3.63) is 28.0 Å². The molecule has 1 aliphatic rings. The van der Waals surface area contributed by atoms with Crippen molar-refractivity contribution in [2.75, 3.05) is 24.5 Å². The monoisotopic (exact) mass is 297 g/mol. The molecule has 1 aromatic carbocycles. The van der Waals surface area contributed by atoms with Crippen LogP contribution in [-0.4, -0.2) is 25.7 Å². The van der Waals surface area contributed by atoms with E-state index in [-0.39, 0.29) is 10.3 Å². The molecule has 0 spiro atoms. The summed E-state index contributed by atoms with van der Waals surface area (Å²) < 4.78 is 14.4. The lowest BCUT2D eigenvalue weighted by Crippen LogP contribution is -2.49. The van der Waals surface area contributed by atoms with Crippen LogP contribution in [0, 0.1) is 17.1 Å². The number of hydrogen-bond donors (Lipinski definition) is 1. The molecule has 0 saturated carbocycles. The lowest BCUT2D eigenvalue weighted by molar-refractivity contribution is 0.478. The number of rotatable bonds is 1. The highest BCUT2D eigenvalue weighted by Gasteiger charge is 2.20. The van der Waals surface area contributed by atoms with Crippen molar-refractivity contribution in [1.82, 2.24) is 5.32 Å². The number of benzene rings is 1. The van der Waals surface area contributed by atoms with Crippen LogP contribution in [0.15, 0.2) is 16.6 Å². The molecule has 1 N–H and O–H groups in total. The zero-order chi connectivity index (χ0) is 12.4. The largest absolute Gasteiger partial charge is 0.366 e. The van der Waals surface area contributed by atoms with Gasteiger partial charge in [0, 0.05) is 25.7 Å². The fourth-order valence-corrected chi connectivity index (χ4v) is 2.44. The van der Waals surface area contributed by atoms with E-state index in [1.807, 2.05) is 11.0 Å². The molecule has 1 fully saturated rings. The summed E-state index contributed by atoms with van der Waals surface area (Å²) in [5.74, 6) is -0.349. The van der Waals surface area contributed by atoms with Crippen molar-refractivity contribution in [2.45, 2.75) is 13.0 Å². The smallest absolute Gasteiger partial charge is 0.161 e. The highest BCUT2D eigenvalue weighted by Crippen LogP contribution is 2.29. The Morgan fingerprint density at radius 1 is 1.59 bits per heavy atom. The van der Waals surface area contributed by atoms with E-state index in [0.29, 0.717) is 17.3 Å². The van der Waals surface area contributed by atoms with E-state index in [4.69, 9.17) is 5.26 Å². The fraction of sp³-hybridized carbons (Fsp3) is 0.417. The third-order valence-electron chi connectivity index (χ3n) is 2.89. The average molecular weight is 298 g/mol. The van der Waals surface area contributed by atoms with E-state index in [2.05, 4.69) is 28.2 Å². The van der Waals surface area contributed by atoms with Gasteiger partial charge in [-0.3, -0.25) is 0 Å². The van der Waals surface area contributed by atoms with Gasteiger partial charge < -0.3 is 10.2 Å². The SMILES string of the molecule is C[C@@H]1CN(c2ccc(C#N)c(Br)c2F)CCN1. The first-order valence-electron chi connectivity index (χ1n) is 5.50. The van der Waals surface area contributed by atoms with E-state index in [9.17, 15) is 4.39 Å². The quantitative estimate of drug-likeness (QED) is 0.864. The minimum Gasteiger partial charge on any atom is -0.366 e. The topological polar surface area (TPSA) is 39.1 Å². The number of nitrogens with zero attached hydrogens (tertiary/aromatic N) is 2. The van der Waals surface area contributed by atoms with Gasteiger partial charge in [-0.25, -0.2) is 4.39 Å². The van der Waals surface area contributed by atoms with Gasteiger partial charge in [0.2, 0.25) is 0 Å². The lowest BCUT2D eigenvalue weighted by atomic mass is 10.1. The summed E-state index contributed by atoms with van der Waals surface area (Å²) in [5, 5.41) is 12.1. The Labute approximate surface area is 108 Å². The molecule has 0 unspecified atom stereocenters. The molecule has 0 aromatic heterocycles. The molecule has 17 heavy (non-hydrogen) atoms. The molecule has 1 heterocycles. The summed E-state index contributed by atoms with van der Waals surface area (Å²) in [5.41, 5.74) is 0.888. The molecular formula is C12H13BrFN3. The second-order valence-corrected chi connectivity index (χ2v) is 4.97. The van der Waals surface area contributed by atoms with Gasteiger partial charge in [-0.05, 0) is 35.0 Å². The highest BCUT2D eigenvalue weighted by molar-refractivity contribution is 9.10. The molecule has 2 rings (SSSR count). The molecule has 0 radical (unpaired) electrons. The maximum atomic E-state index is 14.1. The molecule has 0 aliphatic carbocycles. The van der Waals surface area contributed by atoms with Gasteiger partial charge in [0.25, 0.3) is 0 Å². The fourth-order valence-electron chi connectivity index (χ4n) is 2.02. The van der Waals surface area contributed by atoms with Crippen LogP contribution in [0.5, 0.6) is 0 Å². The predicted octanol–water partition coefficient (Wildman–Crippen LogP) is 2.26. The Bertz CT molecular complexity index is 470. The van der Waals surface area contributed by atoms with Crippen molar-refractivity contribution in [3.63, 3.8) is 0 Å². The van der Waals surface area contributed by atoms with Crippen LogP contribution in [0.4, 0.5) is 10.1 Å². The van der Waals surface area contributed by atoms with Crippen molar-refractivity contribution in [3.8, 4) is 6.07 Å². The van der Waals surface area contributed by atoms with Crippen molar-refractivity contribution >= 4 is 21.6 Å². The molecule has 1 aliphatic heterocycles. The van der Waals surface area contributed by atoms with Gasteiger partial charge in [-0.15, -0.1) is 0 Å². The number of hydrogen-bond acceptors (Lipinski definition) is 3. The molecule has 1 aromatic rings. The zero-order valence-electron chi connectivity index (χ0n) is 9.50. The van der Waals surface area contributed by atoms with Gasteiger partial charge >= 0.3 is 0 Å². The number of nitrogens with one attached hydrogen (secondary N) is 1. The first-order valence-corrected chi connectivity index (χ1v) is 6.29. The Morgan fingerprint density at radius 3 is 3.00 bits per heavy atom. The molecular weight excluding hydrogens is 285 g/mol. The Hall–Kier alpha value is -1.12. The van der Waals surface area contributed by atoms with Crippen LogP contribution >= 0.6 is 15.9 Å². The standard InChI is InChI=1S/C12H13BrFN3/c1-8-7-17(5-4-16-8)10-3-2-9(6-15)11(13)12(10)14/h2-3,8,16H,4-5,7H2,1H3/t8-/m1/s1. The van der Waals surface area contributed by atoms with Crippen molar-refractivity contribution < 1.29 is 4.39 Å². The molecule has 1 saturated heterocycles. The molecule has 90 valence electrons. The van der Waals surface area contributed by atoms with Gasteiger partial charge in [-0.1, -0.05) is 0 Å². The third-order valence-corrected chi connectivity index (χ3v) is 3.67. The third kappa shape index (κ3) is 2.43. The molecule has 5 heteroatoms. The zero-order valence-corrected chi connectivity index (χ0v) is 11.1. The van der Waals surface area contributed by atoms with Crippen LogP contribution in [-0.2, 0) is 0 Å². The van der Waals surface area contributed by atoms with E-state index >= 15 is 0 Å². The number of halogens is 2. The maximum Gasteiger partial charge on any atom is 0.161 e. The normalized spacial score (nSPS) is 20.1. The first kappa shape index (κ1) is 12.3. The average Bonchev–Trinajstić information content (AvgIpc) is 2.32. The highest BCUT2D eigenvalue weighted by atomic mass is 79.9. The molecule has 3 nitrogen and oxygen atoms in total. The number of nitriles is 1. The van der Waals surface area contributed by atoms with Gasteiger partial charge in [0.1, 0.15) is 6.07 Å².